The van der Waals surface area contributed by atoms with E-state index in [1.54, 1.807) is 0 Å². The number of benzene rings is 5. The maximum atomic E-state index is 6.35. The molecular formula is C41H43Br3O3. The lowest BCUT2D eigenvalue weighted by Crippen LogP contribution is -2.17. The summed E-state index contributed by atoms with van der Waals surface area (Å²) >= 11 is 10.5. The van der Waals surface area contributed by atoms with Gasteiger partial charge >= 0.3 is 0 Å². The van der Waals surface area contributed by atoms with Crippen molar-refractivity contribution in [3.63, 3.8) is 0 Å². The first kappa shape index (κ1) is 36.8. The standard InChI is InChI=1S/C33H33Br3O3.C8H10/c1-4-28-31(19-37-25-13-7-22(34)8-14-25)29(5-2)33(21-39-27-17-11-24(36)12-18-27)30(6-3)32(28)20-38-26-15-9-23(35)10-16-26;1-7-5-3-4-6-8(7)2/h7-18H,4-6,19-21H2,1-3H3;3-6H,1-2H3. The Kier molecular flexibility index (Phi) is 14.5. The summed E-state index contributed by atoms with van der Waals surface area (Å²) in [6.07, 6.45) is 2.68. The molecule has 0 heterocycles. The molecule has 5 aromatic carbocycles. The van der Waals surface area contributed by atoms with Gasteiger partial charge in [0.05, 0.1) is 0 Å². The van der Waals surface area contributed by atoms with Gasteiger partial charge in [0.15, 0.2) is 0 Å². The fourth-order valence-electron chi connectivity index (χ4n) is 5.62. The zero-order valence-electron chi connectivity index (χ0n) is 27.8. The Morgan fingerprint density at radius 2 is 0.638 bits per heavy atom. The highest BCUT2D eigenvalue weighted by Gasteiger charge is 2.23. The summed E-state index contributed by atoms with van der Waals surface area (Å²) < 4.78 is 22.2. The Morgan fingerprint density at radius 1 is 0.383 bits per heavy atom. The third-order valence-corrected chi connectivity index (χ3v) is 9.85. The van der Waals surface area contributed by atoms with Gasteiger partial charge in [-0.25, -0.2) is 0 Å². The van der Waals surface area contributed by atoms with Crippen molar-refractivity contribution in [1.29, 1.82) is 0 Å². The second-order valence-electron chi connectivity index (χ2n) is 11.2. The topological polar surface area (TPSA) is 27.7 Å². The van der Waals surface area contributed by atoms with Crippen LogP contribution in [0.25, 0.3) is 0 Å². The Labute approximate surface area is 306 Å². The van der Waals surface area contributed by atoms with Crippen LogP contribution in [0, 0.1) is 13.8 Å². The van der Waals surface area contributed by atoms with Crippen molar-refractivity contribution in [3.05, 3.63) is 155 Å². The summed E-state index contributed by atoms with van der Waals surface area (Å²) in [6.45, 7) is 12.4. The molecule has 6 heteroatoms. The summed E-state index contributed by atoms with van der Waals surface area (Å²) in [7, 11) is 0. The first-order valence-electron chi connectivity index (χ1n) is 16.1. The SMILES string of the molecule is CCc1c(COc2ccc(Br)cc2)c(CC)c(COc2ccc(Br)cc2)c(CC)c1COc1ccc(Br)cc1.Cc1ccccc1C. The van der Waals surface area contributed by atoms with E-state index in [2.05, 4.69) is 107 Å². The third-order valence-electron chi connectivity index (χ3n) is 8.26. The third kappa shape index (κ3) is 10.5. The van der Waals surface area contributed by atoms with Gasteiger partial charge < -0.3 is 14.2 Å². The molecule has 0 atom stereocenters. The number of aryl methyl sites for hydroxylation is 2. The van der Waals surface area contributed by atoms with Gasteiger partial charge in [0.2, 0.25) is 0 Å². The molecular weight excluding hydrogens is 780 g/mol. The van der Waals surface area contributed by atoms with Crippen molar-refractivity contribution in [2.45, 2.75) is 73.7 Å². The van der Waals surface area contributed by atoms with Crippen LogP contribution in [-0.2, 0) is 39.1 Å². The van der Waals surface area contributed by atoms with Crippen molar-refractivity contribution in [2.75, 3.05) is 0 Å². The van der Waals surface area contributed by atoms with Gasteiger partial charge in [-0.1, -0.05) is 92.8 Å². The van der Waals surface area contributed by atoms with Gasteiger partial charge in [-0.15, -0.1) is 0 Å². The zero-order valence-corrected chi connectivity index (χ0v) is 32.6. The van der Waals surface area contributed by atoms with Crippen LogP contribution < -0.4 is 14.2 Å². The lowest BCUT2D eigenvalue weighted by atomic mass is 9.84. The first-order valence-corrected chi connectivity index (χ1v) is 18.5. The van der Waals surface area contributed by atoms with E-state index in [0.29, 0.717) is 19.8 Å². The van der Waals surface area contributed by atoms with Gasteiger partial charge in [-0.3, -0.25) is 0 Å². The van der Waals surface area contributed by atoms with Crippen molar-refractivity contribution in [2.24, 2.45) is 0 Å². The molecule has 0 fully saturated rings. The van der Waals surface area contributed by atoms with Crippen LogP contribution in [0.5, 0.6) is 17.2 Å². The molecule has 0 spiro atoms. The van der Waals surface area contributed by atoms with Gasteiger partial charge in [0.1, 0.15) is 37.1 Å². The number of halogens is 3. The minimum absolute atomic E-state index is 0.495. The van der Waals surface area contributed by atoms with Gasteiger partial charge in [0, 0.05) is 13.4 Å². The molecule has 0 saturated heterocycles. The molecule has 0 N–H and O–H groups in total. The van der Waals surface area contributed by atoms with Crippen LogP contribution in [0.15, 0.2) is 110 Å². The normalized spacial score (nSPS) is 10.6. The van der Waals surface area contributed by atoms with E-state index in [0.717, 1.165) is 49.9 Å². The van der Waals surface area contributed by atoms with E-state index in [4.69, 9.17) is 14.2 Å². The predicted molar refractivity (Wildman–Crippen MR) is 206 cm³/mol. The van der Waals surface area contributed by atoms with E-state index in [9.17, 15) is 0 Å². The van der Waals surface area contributed by atoms with Gasteiger partial charge in [0.25, 0.3) is 0 Å². The summed E-state index contributed by atoms with van der Waals surface area (Å²) in [6, 6.07) is 32.4. The van der Waals surface area contributed by atoms with Crippen LogP contribution >= 0.6 is 47.8 Å². The summed E-state index contributed by atoms with van der Waals surface area (Å²) in [5.41, 5.74) is 10.4. The molecule has 0 bridgehead atoms. The average Bonchev–Trinajstić information content (AvgIpc) is 3.08. The Morgan fingerprint density at radius 3 is 0.851 bits per heavy atom. The van der Waals surface area contributed by atoms with Crippen LogP contribution in [0.2, 0.25) is 0 Å². The largest absolute Gasteiger partial charge is 0.489 e. The minimum atomic E-state index is 0.495. The lowest BCUT2D eigenvalue weighted by Gasteiger charge is -2.26. The molecule has 0 aromatic heterocycles. The molecule has 0 radical (unpaired) electrons. The molecule has 47 heavy (non-hydrogen) atoms. The minimum Gasteiger partial charge on any atom is -0.489 e. The molecule has 5 rings (SSSR count). The number of rotatable bonds is 12. The smallest absolute Gasteiger partial charge is 0.119 e. The molecule has 5 aromatic rings. The zero-order chi connectivity index (χ0) is 33.8. The fraction of sp³-hybridized carbons (Fsp3) is 0.268. The molecule has 0 aliphatic rings. The summed E-state index contributed by atoms with van der Waals surface area (Å²) in [5.74, 6) is 2.55. The molecule has 0 aliphatic carbocycles. The quantitative estimate of drug-likeness (QED) is 0.125. The summed E-state index contributed by atoms with van der Waals surface area (Å²) in [5, 5.41) is 0. The first-order chi connectivity index (χ1) is 22.7. The van der Waals surface area contributed by atoms with E-state index in [-0.39, 0.29) is 0 Å². The van der Waals surface area contributed by atoms with E-state index in [1.807, 2.05) is 72.8 Å². The summed E-state index contributed by atoms with van der Waals surface area (Å²) in [4.78, 5) is 0. The van der Waals surface area contributed by atoms with Crippen molar-refractivity contribution < 1.29 is 14.2 Å². The number of hydrogen-bond donors (Lipinski definition) is 0. The van der Waals surface area contributed by atoms with E-state index in [1.165, 1.54) is 44.5 Å². The second kappa shape index (κ2) is 18.5. The highest BCUT2D eigenvalue weighted by molar-refractivity contribution is 9.11. The molecule has 0 saturated carbocycles. The van der Waals surface area contributed by atoms with Crippen LogP contribution in [0.1, 0.15) is 65.3 Å². The van der Waals surface area contributed by atoms with Crippen molar-refractivity contribution >= 4 is 47.8 Å². The second-order valence-corrected chi connectivity index (χ2v) is 14.0. The Balaban J connectivity index is 0.000000546. The number of hydrogen-bond acceptors (Lipinski definition) is 3. The highest BCUT2D eigenvalue weighted by atomic mass is 79.9. The predicted octanol–water partition coefficient (Wildman–Crippen LogP) is 12.7. The molecule has 0 unspecified atom stereocenters. The van der Waals surface area contributed by atoms with E-state index >= 15 is 0 Å². The highest BCUT2D eigenvalue weighted by Crippen LogP contribution is 2.34. The Bertz CT molecular complexity index is 1500. The average molecular weight is 824 g/mol. The maximum Gasteiger partial charge on any atom is 0.119 e. The van der Waals surface area contributed by atoms with Crippen LogP contribution in [0.3, 0.4) is 0 Å². The molecule has 246 valence electrons. The van der Waals surface area contributed by atoms with Gasteiger partial charge in [-0.2, -0.15) is 0 Å². The van der Waals surface area contributed by atoms with Crippen molar-refractivity contribution in [3.8, 4) is 17.2 Å². The lowest BCUT2D eigenvalue weighted by molar-refractivity contribution is 0.288. The molecule has 0 amide bonds. The molecule has 3 nitrogen and oxygen atoms in total. The van der Waals surface area contributed by atoms with Crippen LogP contribution in [0.4, 0.5) is 0 Å². The fourth-order valence-corrected chi connectivity index (χ4v) is 6.41. The van der Waals surface area contributed by atoms with Gasteiger partial charge in [-0.05, 0) is 150 Å². The monoisotopic (exact) mass is 820 g/mol. The van der Waals surface area contributed by atoms with E-state index < -0.39 is 0 Å². The van der Waals surface area contributed by atoms with Crippen molar-refractivity contribution in [1.82, 2.24) is 0 Å². The Hall–Kier alpha value is -3.06. The molecule has 0 aliphatic heterocycles. The number of ether oxygens (including phenoxy) is 3. The van der Waals surface area contributed by atoms with Crippen LogP contribution in [-0.4, -0.2) is 0 Å². The maximum absolute atomic E-state index is 6.35.